The van der Waals surface area contributed by atoms with Gasteiger partial charge in [0.05, 0.1) is 5.56 Å². The molecule has 1 fully saturated rings. The Labute approximate surface area is 107 Å². The monoisotopic (exact) mass is 248 g/mol. The summed E-state index contributed by atoms with van der Waals surface area (Å²) in [6.45, 7) is 1.53. The molecule has 5 heteroatoms. The van der Waals surface area contributed by atoms with E-state index in [-0.39, 0.29) is 5.91 Å². The summed E-state index contributed by atoms with van der Waals surface area (Å²) in [7, 11) is 0. The average molecular weight is 248 g/mol. The predicted molar refractivity (Wildman–Crippen MR) is 68.9 cm³/mol. The highest BCUT2D eigenvalue weighted by molar-refractivity contribution is 5.93. The molecule has 1 saturated carbocycles. The molecule has 1 aliphatic rings. The first-order valence-electron chi connectivity index (χ1n) is 6.53. The molecule has 0 radical (unpaired) electrons. The number of nitrogens with one attached hydrogen (secondary N) is 1. The zero-order chi connectivity index (χ0) is 12.8. The van der Waals surface area contributed by atoms with Crippen molar-refractivity contribution in [1.29, 1.82) is 0 Å². The minimum absolute atomic E-state index is 0.0865. The zero-order valence-electron chi connectivity index (χ0n) is 10.5. The smallest absolute Gasteiger partial charge is 0.254 e. The van der Waals surface area contributed by atoms with Crippen molar-refractivity contribution < 1.29 is 4.79 Å². The van der Waals surface area contributed by atoms with Crippen LogP contribution < -0.4 is 11.1 Å². The van der Waals surface area contributed by atoms with Gasteiger partial charge in [-0.1, -0.05) is 0 Å². The zero-order valence-corrected chi connectivity index (χ0v) is 10.5. The largest absolute Gasteiger partial charge is 0.352 e. The van der Waals surface area contributed by atoms with Gasteiger partial charge in [-0.2, -0.15) is 0 Å². The molecule has 1 amide bonds. The van der Waals surface area contributed by atoms with Crippen molar-refractivity contribution >= 4 is 5.91 Å². The quantitative estimate of drug-likeness (QED) is 0.832. The molecule has 0 unspecified atom stereocenters. The first-order chi connectivity index (χ1) is 8.79. The maximum Gasteiger partial charge on any atom is 0.254 e. The number of nitrogens with zero attached hydrogens (tertiary/aromatic N) is 2. The molecule has 5 nitrogen and oxygen atoms in total. The first-order valence-corrected chi connectivity index (χ1v) is 6.53. The van der Waals surface area contributed by atoms with E-state index in [1.165, 1.54) is 31.6 Å². The molecular weight excluding hydrogens is 228 g/mol. The van der Waals surface area contributed by atoms with Gasteiger partial charge in [0.1, 0.15) is 6.33 Å². The van der Waals surface area contributed by atoms with Crippen LogP contribution in [0.4, 0.5) is 0 Å². The second-order valence-corrected chi connectivity index (χ2v) is 4.96. The molecule has 0 aromatic carbocycles. The molecule has 0 bridgehead atoms. The Morgan fingerprint density at radius 3 is 2.44 bits per heavy atom. The number of amides is 1. The minimum Gasteiger partial charge on any atom is -0.352 e. The summed E-state index contributed by atoms with van der Waals surface area (Å²) in [5.74, 6) is 1.18. The van der Waals surface area contributed by atoms with Crippen LogP contribution in [-0.4, -0.2) is 29.0 Å². The Bertz CT molecular complexity index is 374. The Kier molecular flexibility index (Phi) is 4.64. The van der Waals surface area contributed by atoms with E-state index in [9.17, 15) is 4.79 Å². The van der Waals surface area contributed by atoms with E-state index in [4.69, 9.17) is 5.73 Å². The highest BCUT2D eigenvalue weighted by Crippen LogP contribution is 2.27. The molecular formula is C13H20N4O. The fraction of sp³-hybridized carbons (Fsp3) is 0.615. The van der Waals surface area contributed by atoms with Crippen LogP contribution in [0, 0.1) is 11.8 Å². The van der Waals surface area contributed by atoms with Crippen molar-refractivity contribution in [3.05, 3.63) is 24.3 Å². The number of carbonyl (C=O) groups is 1. The number of aromatic nitrogens is 2. The van der Waals surface area contributed by atoms with E-state index in [1.807, 2.05) is 0 Å². The van der Waals surface area contributed by atoms with Crippen molar-refractivity contribution in [2.24, 2.45) is 17.6 Å². The van der Waals surface area contributed by atoms with E-state index in [2.05, 4.69) is 15.3 Å². The molecule has 98 valence electrons. The number of carbonyl (C=O) groups excluding carboxylic acids is 1. The molecule has 1 aromatic rings. The number of hydrogen-bond donors (Lipinski definition) is 2. The maximum absolute atomic E-state index is 11.8. The summed E-state index contributed by atoms with van der Waals surface area (Å²) < 4.78 is 0. The molecule has 0 saturated heterocycles. The van der Waals surface area contributed by atoms with Gasteiger partial charge >= 0.3 is 0 Å². The van der Waals surface area contributed by atoms with Crippen molar-refractivity contribution in [1.82, 2.24) is 15.3 Å². The third-order valence-corrected chi connectivity index (χ3v) is 3.67. The lowest BCUT2D eigenvalue weighted by Gasteiger charge is -2.27. The predicted octanol–water partition coefficient (Wildman–Crippen LogP) is 0.972. The summed E-state index contributed by atoms with van der Waals surface area (Å²) in [5.41, 5.74) is 6.18. The molecule has 1 heterocycles. The van der Waals surface area contributed by atoms with E-state index in [0.29, 0.717) is 17.4 Å². The highest BCUT2D eigenvalue weighted by atomic mass is 16.1. The van der Waals surface area contributed by atoms with Crippen LogP contribution in [0.1, 0.15) is 36.0 Å². The topological polar surface area (TPSA) is 80.9 Å². The van der Waals surface area contributed by atoms with Crippen LogP contribution in [0.2, 0.25) is 0 Å². The number of nitrogens with two attached hydrogens (primary N) is 1. The van der Waals surface area contributed by atoms with E-state index < -0.39 is 0 Å². The second-order valence-electron chi connectivity index (χ2n) is 4.96. The minimum atomic E-state index is -0.0865. The highest BCUT2D eigenvalue weighted by Gasteiger charge is 2.20. The lowest BCUT2D eigenvalue weighted by atomic mass is 9.82. The van der Waals surface area contributed by atoms with Crippen LogP contribution in [0.25, 0.3) is 0 Å². The summed E-state index contributed by atoms with van der Waals surface area (Å²) in [4.78, 5) is 19.5. The van der Waals surface area contributed by atoms with Gasteiger partial charge in [0.15, 0.2) is 0 Å². The summed E-state index contributed by atoms with van der Waals surface area (Å²) in [6.07, 6.45) is 9.18. The SMILES string of the molecule is NCC1CCC(CNC(=O)c2cncnc2)CC1. The van der Waals surface area contributed by atoms with Crippen LogP contribution in [0.3, 0.4) is 0 Å². The first kappa shape index (κ1) is 13.0. The fourth-order valence-electron chi connectivity index (χ4n) is 2.43. The van der Waals surface area contributed by atoms with Gasteiger partial charge in [0.2, 0.25) is 0 Å². The maximum atomic E-state index is 11.8. The summed E-state index contributed by atoms with van der Waals surface area (Å²) in [5, 5.41) is 2.95. The number of hydrogen-bond acceptors (Lipinski definition) is 4. The third kappa shape index (κ3) is 3.50. The van der Waals surface area contributed by atoms with Crippen molar-refractivity contribution in [2.45, 2.75) is 25.7 Å². The molecule has 0 spiro atoms. The molecule has 18 heavy (non-hydrogen) atoms. The van der Waals surface area contributed by atoms with Crippen LogP contribution in [0.5, 0.6) is 0 Å². The van der Waals surface area contributed by atoms with Crippen molar-refractivity contribution in [2.75, 3.05) is 13.1 Å². The van der Waals surface area contributed by atoms with Crippen molar-refractivity contribution in [3.63, 3.8) is 0 Å². The second kappa shape index (κ2) is 6.44. The molecule has 2 rings (SSSR count). The van der Waals surface area contributed by atoms with Gasteiger partial charge in [-0.3, -0.25) is 4.79 Å². The van der Waals surface area contributed by atoms with Gasteiger partial charge in [0, 0.05) is 18.9 Å². The van der Waals surface area contributed by atoms with Gasteiger partial charge in [-0.05, 0) is 44.1 Å². The Balaban J connectivity index is 1.74. The van der Waals surface area contributed by atoms with E-state index in [1.54, 1.807) is 0 Å². The normalized spacial score (nSPS) is 23.6. The van der Waals surface area contributed by atoms with Crippen molar-refractivity contribution in [3.8, 4) is 0 Å². The summed E-state index contributed by atoms with van der Waals surface area (Å²) in [6, 6.07) is 0. The number of rotatable bonds is 4. The average Bonchev–Trinajstić information content (AvgIpc) is 2.46. The molecule has 1 aliphatic carbocycles. The summed E-state index contributed by atoms with van der Waals surface area (Å²) >= 11 is 0. The Hall–Kier alpha value is -1.49. The van der Waals surface area contributed by atoms with Gasteiger partial charge in [-0.15, -0.1) is 0 Å². The van der Waals surface area contributed by atoms with E-state index in [0.717, 1.165) is 25.9 Å². The van der Waals surface area contributed by atoms with Gasteiger partial charge < -0.3 is 11.1 Å². The lowest BCUT2D eigenvalue weighted by Crippen LogP contribution is -2.32. The van der Waals surface area contributed by atoms with Crippen LogP contribution in [-0.2, 0) is 0 Å². The molecule has 0 aliphatic heterocycles. The Morgan fingerprint density at radius 1 is 1.22 bits per heavy atom. The standard InChI is InChI=1S/C13H20N4O/c14-5-10-1-3-11(4-2-10)6-17-13(18)12-7-15-9-16-8-12/h7-11H,1-6,14H2,(H,17,18). The molecule has 0 atom stereocenters. The van der Waals surface area contributed by atoms with Gasteiger partial charge in [-0.25, -0.2) is 9.97 Å². The molecule has 1 aromatic heterocycles. The molecule has 3 N–H and O–H groups in total. The van der Waals surface area contributed by atoms with Crippen LogP contribution >= 0.6 is 0 Å². The van der Waals surface area contributed by atoms with E-state index >= 15 is 0 Å². The fourth-order valence-corrected chi connectivity index (χ4v) is 2.43. The lowest BCUT2D eigenvalue weighted by molar-refractivity contribution is 0.0941. The van der Waals surface area contributed by atoms with Gasteiger partial charge in [0.25, 0.3) is 5.91 Å². The Morgan fingerprint density at radius 2 is 1.83 bits per heavy atom. The van der Waals surface area contributed by atoms with Crippen LogP contribution in [0.15, 0.2) is 18.7 Å². The third-order valence-electron chi connectivity index (χ3n) is 3.67.